The Morgan fingerprint density at radius 1 is 0.806 bits per heavy atom. The number of carboxylic acid groups (broad SMARTS) is 2. The summed E-state index contributed by atoms with van der Waals surface area (Å²) in [6, 6.07) is -3.85. The minimum Gasteiger partial charge on any atom is -0.481 e. The highest BCUT2D eigenvalue weighted by Gasteiger charge is 2.28. The van der Waals surface area contributed by atoms with E-state index in [0.717, 1.165) is 0 Å². The molecule has 3 atom stereocenters. The van der Waals surface area contributed by atoms with E-state index in [9.17, 15) is 28.8 Å². The Morgan fingerprint density at radius 2 is 1.39 bits per heavy atom. The van der Waals surface area contributed by atoms with Crippen molar-refractivity contribution in [3.63, 3.8) is 0 Å². The summed E-state index contributed by atoms with van der Waals surface area (Å²) >= 11 is 0. The SMILES string of the molecule is NCCCCC(NC(=O)C(N)CC(=O)O)C(=O)NC(CCC(N)=O)C(=O)NCC(=O)O. The Kier molecular flexibility index (Phi) is 13.1. The van der Waals surface area contributed by atoms with E-state index >= 15 is 0 Å². The maximum absolute atomic E-state index is 12.7. The summed E-state index contributed by atoms with van der Waals surface area (Å²) in [5, 5.41) is 24.2. The number of nitrogens with two attached hydrogens (primary N) is 3. The number of carbonyl (C=O) groups is 6. The van der Waals surface area contributed by atoms with E-state index < -0.39 is 66.7 Å². The molecule has 31 heavy (non-hydrogen) atoms. The van der Waals surface area contributed by atoms with Crippen LogP contribution >= 0.6 is 0 Å². The molecule has 0 heterocycles. The number of aliphatic carboxylic acids is 2. The van der Waals surface area contributed by atoms with Gasteiger partial charge < -0.3 is 43.4 Å². The zero-order valence-electron chi connectivity index (χ0n) is 17.0. The molecule has 176 valence electrons. The lowest BCUT2D eigenvalue weighted by Gasteiger charge is -2.23. The summed E-state index contributed by atoms with van der Waals surface area (Å²) in [6.07, 6.45) is -0.0332. The van der Waals surface area contributed by atoms with Crippen LogP contribution in [0.15, 0.2) is 0 Å². The maximum atomic E-state index is 12.7. The fraction of sp³-hybridized carbons (Fsp3) is 0.647. The second kappa shape index (κ2) is 14.7. The van der Waals surface area contributed by atoms with Gasteiger partial charge in [0.25, 0.3) is 0 Å². The third kappa shape index (κ3) is 12.8. The molecule has 0 fully saturated rings. The lowest BCUT2D eigenvalue weighted by Crippen LogP contribution is -2.56. The summed E-state index contributed by atoms with van der Waals surface area (Å²) < 4.78 is 0. The fourth-order valence-electron chi connectivity index (χ4n) is 2.43. The van der Waals surface area contributed by atoms with Gasteiger partial charge in [0.05, 0.1) is 12.5 Å². The van der Waals surface area contributed by atoms with Crippen LogP contribution in [0.3, 0.4) is 0 Å². The summed E-state index contributed by atoms with van der Waals surface area (Å²) in [7, 11) is 0. The quantitative estimate of drug-likeness (QED) is 0.108. The van der Waals surface area contributed by atoms with Gasteiger partial charge in [0.2, 0.25) is 23.6 Å². The predicted octanol–water partition coefficient (Wildman–Crippen LogP) is -3.65. The van der Waals surface area contributed by atoms with Crippen LogP contribution in [0.1, 0.15) is 38.5 Å². The van der Waals surface area contributed by atoms with Crippen molar-refractivity contribution in [1.29, 1.82) is 0 Å². The number of hydrogen-bond acceptors (Lipinski definition) is 8. The molecule has 0 rings (SSSR count). The summed E-state index contributed by atoms with van der Waals surface area (Å²) in [5.41, 5.74) is 16.0. The molecule has 0 aliphatic heterocycles. The van der Waals surface area contributed by atoms with Crippen LogP contribution in [0, 0.1) is 0 Å². The minimum atomic E-state index is -1.40. The second-order valence-corrected chi connectivity index (χ2v) is 6.73. The molecule has 0 aromatic heterocycles. The van der Waals surface area contributed by atoms with Crippen molar-refractivity contribution in [1.82, 2.24) is 16.0 Å². The third-order valence-electron chi connectivity index (χ3n) is 4.04. The smallest absolute Gasteiger partial charge is 0.322 e. The largest absolute Gasteiger partial charge is 0.481 e. The number of amides is 4. The van der Waals surface area contributed by atoms with Gasteiger partial charge in [0.1, 0.15) is 18.6 Å². The number of unbranched alkanes of at least 4 members (excludes halogenated alkanes) is 1. The van der Waals surface area contributed by atoms with Gasteiger partial charge in [-0.05, 0) is 32.2 Å². The molecule has 0 radical (unpaired) electrons. The van der Waals surface area contributed by atoms with Crippen molar-refractivity contribution in [3.05, 3.63) is 0 Å². The van der Waals surface area contributed by atoms with Crippen molar-refractivity contribution < 1.29 is 39.0 Å². The first-order chi connectivity index (χ1) is 14.5. The number of rotatable bonds is 16. The van der Waals surface area contributed by atoms with Crippen molar-refractivity contribution in [2.45, 2.75) is 56.7 Å². The molecule has 0 saturated heterocycles. The molecule has 14 nitrogen and oxygen atoms in total. The van der Waals surface area contributed by atoms with Gasteiger partial charge in [-0.15, -0.1) is 0 Å². The standard InChI is InChI=1S/C17H30N6O8/c18-6-2-1-3-10(22-15(29)9(19)7-13(25)26)17(31)23-11(4-5-12(20)24)16(30)21-8-14(27)28/h9-11H,1-8,18-19H2,(H2,20,24)(H,21,30)(H,22,29)(H,23,31)(H,25,26)(H,27,28). The lowest BCUT2D eigenvalue weighted by atomic mass is 10.1. The molecule has 0 aromatic carbocycles. The van der Waals surface area contributed by atoms with Crippen molar-refractivity contribution in [2.75, 3.05) is 13.1 Å². The van der Waals surface area contributed by atoms with E-state index in [1.165, 1.54) is 0 Å². The van der Waals surface area contributed by atoms with E-state index in [1.807, 2.05) is 0 Å². The van der Waals surface area contributed by atoms with E-state index in [-0.39, 0.29) is 19.3 Å². The van der Waals surface area contributed by atoms with E-state index in [2.05, 4.69) is 16.0 Å². The average Bonchev–Trinajstić information content (AvgIpc) is 2.67. The number of carbonyl (C=O) groups excluding carboxylic acids is 4. The van der Waals surface area contributed by atoms with Gasteiger partial charge in [-0.2, -0.15) is 0 Å². The van der Waals surface area contributed by atoms with Gasteiger partial charge >= 0.3 is 11.9 Å². The molecule has 0 aromatic rings. The third-order valence-corrected chi connectivity index (χ3v) is 4.04. The Morgan fingerprint density at radius 3 is 1.90 bits per heavy atom. The highest BCUT2D eigenvalue weighted by Crippen LogP contribution is 2.05. The highest BCUT2D eigenvalue weighted by molar-refractivity contribution is 5.94. The molecule has 14 heteroatoms. The van der Waals surface area contributed by atoms with E-state index in [4.69, 9.17) is 27.4 Å². The highest BCUT2D eigenvalue weighted by atomic mass is 16.4. The van der Waals surface area contributed by atoms with Crippen molar-refractivity contribution in [3.8, 4) is 0 Å². The van der Waals surface area contributed by atoms with Crippen molar-refractivity contribution >= 4 is 35.6 Å². The molecule has 0 spiro atoms. The van der Waals surface area contributed by atoms with Crippen LogP contribution in [0.25, 0.3) is 0 Å². The van der Waals surface area contributed by atoms with Gasteiger partial charge in [-0.1, -0.05) is 0 Å². The first kappa shape index (κ1) is 27.7. The molecule has 3 unspecified atom stereocenters. The molecule has 0 bridgehead atoms. The molecular weight excluding hydrogens is 416 g/mol. The Balaban J connectivity index is 5.30. The Bertz CT molecular complexity index is 671. The molecular formula is C17H30N6O8. The summed E-state index contributed by atoms with van der Waals surface area (Å²) in [6.45, 7) is -0.373. The molecule has 0 saturated carbocycles. The minimum absolute atomic E-state index is 0.119. The molecule has 4 amide bonds. The Labute approximate surface area is 178 Å². The van der Waals surface area contributed by atoms with Crippen LogP contribution in [-0.4, -0.2) is 77.0 Å². The molecule has 11 N–H and O–H groups in total. The monoisotopic (exact) mass is 446 g/mol. The predicted molar refractivity (Wildman–Crippen MR) is 106 cm³/mol. The first-order valence-corrected chi connectivity index (χ1v) is 9.53. The fourth-order valence-corrected chi connectivity index (χ4v) is 2.43. The molecule has 0 aliphatic rings. The van der Waals surface area contributed by atoms with Gasteiger partial charge in [0, 0.05) is 6.42 Å². The number of carboxylic acids is 2. The Hall–Kier alpha value is -3.26. The van der Waals surface area contributed by atoms with E-state index in [0.29, 0.717) is 19.4 Å². The van der Waals surface area contributed by atoms with Crippen LogP contribution in [0.2, 0.25) is 0 Å². The molecule has 0 aliphatic carbocycles. The van der Waals surface area contributed by atoms with Crippen LogP contribution in [-0.2, 0) is 28.8 Å². The summed E-state index contributed by atoms with van der Waals surface area (Å²) in [4.78, 5) is 69.4. The van der Waals surface area contributed by atoms with E-state index in [1.54, 1.807) is 0 Å². The maximum Gasteiger partial charge on any atom is 0.322 e. The summed E-state index contributed by atoms with van der Waals surface area (Å²) in [5.74, 6) is -5.88. The van der Waals surface area contributed by atoms with Crippen LogP contribution in [0.5, 0.6) is 0 Å². The number of primary amides is 1. The van der Waals surface area contributed by atoms with Gasteiger partial charge in [-0.3, -0.25) is 28.8 Å². The van der Waals surface area contributed by atoms with Crippen LogP contribution in [0.4, 0.5) is 0 Å². The van der Waals surface area contributed by atoms with Crippen molar-refractivity contribution in [2.24, 2.45) is 17.2 Å². The average molecular weight is 446 g/mol. The van der Waals surface area contributed by atoms with Gasteiger partial charge in [-0.25, -0.2) is 0 Å². The lowest BCUT2D eigenvalue weighted by molar-refractivity contribution is -0.140. The zero-order chi connectivity index (χ0) is 24.0. The van der Waals surface area contributed by atoms with Gasteiger partial charge in [0.15, 0.2) is 0 Å². The topological polar surface area (TPSA) is 257 Å². The normalized spacial score (nSPS) is 13.4. The number of hydrogen-bond donors (Lipinski definition) is 8. The first-order valence-electron chi connectivity index (χ1n) is 9.53. The second-order valence-electron chi connectivity index (χ2n) is 6.73. The zero-order valence-corrected chi connectivity index (χ0v) is 17.0. The van der Waals surface area contributed by atoms with Crippen LogP contribution < -0.4 is 33.2 Å². The number of nitrogens with one attached hydrogen (secondary N) is 3.